The minimum absolute atomic E-state index is 0.521. The SMILES string of the molecule is CCCNc1nccc(N2CCC(C)(O)CC2)n1. The normalized spacial score (nSPS) is 18.7. The van der Waals surface area contributed by atoms with Gasteiger partial charge in [-0.2, -0.15) is 4.98 Å². The zero-order chi connectivity index (χ0) is 13.0. The van der Waals surface area contributed by atoms with Crippen molar-refractivity contribution in [1.82, 2.24) is 9.97 Å². The predicted molar refractivity (Wildman–Crippen MR) is 72.9 cm³/mol. The summed E-state index contributed by atoms with van der Waals surface area (Å²) in [6, 6.07) is 1.93. The Morgan fingerprint density at radius 2 is 2.17 bits per heavy atom. The van der Waals surface area contributed by atoms with Gasteiger partial charge in [-0.3, -0.25) is 0 Å². The Morgan fingerprint density at radius 3 is 2.83 bits per heavy atom. The van der Waals surface area contributed by atoms with Gasteiger partial charge in [-0.1, -0.05) is 6.92 Å². The van der Waals surface area contributed by atoms with Gasteiger partial charge in [-0.05, 0) is 32.3 Å². The number of hydrogen-bond donors (Lipinski definition) is 2. The van der Waals surface area contributed by atoms with Crippen molar-refractivity contribution in [3.05, 3.63) is 12.3 Å². The van der Waals surface area contributed by atoms with E-state index in [1.165, 1.54) is 0 Å². The van der Waals surface area contributed by atoms with Gasteiger partial charge in [0.05, 0.1) is 5.60 Å². The van der Waals surface area contributed by atoms with Gasteiger partial charge in [0, 0.05) is 25.8 Å². The molecular weight excluding hydrogens is 228 g/mol. The largest absolute Gasteiger partial charge is 0.390 e. The summed E-state index contributed by atoms with van der Waals surface area (Å²) in [5.74, 6) is 1.63. The summed E-state index contributed by atoms with van der Waals surface area (Å²) in [4.78, 5) is 10.9. The predicted octanol–water partition coefficient (Wildman–Crippen LogP) is 1.65. The average molecular weight is 250 g/mol. The first-order valence-electron chi connectivity index (χ1n) is 6.65. The molecule has 0 radical (unpaired) electrons. The lowest BCUT2D eigenvalue weighted by molar-refractivity contribution is 0.0350. The highest BCUT2D eigenvalue weighted by Crippen LogP contribution is 2.24. The number of aromatic nitrogens is 2. The molecule has 0 aromatic carbocycles. The van der Waals surface area contributed by atoms with Gasteiger partial charge in [0.1, 0.15) is 5.82 Å². The molecule has 2 rings (SSSR count). The summed E-state index contributed by atoms with van der Waals surface area (Å²) in [6.07, 6.45) is 4.41. The summed E-state index contributed by atoms with van der Waals surface area (Å²) in [6.45, 7) is 6.59. The summed E-state index contributed by atoms with van der Waals surface area (Å²) < 4.78 is 0. The fourth-order valence-electron chi connectivity index (χ4n) is 2.06. The van der Waals surface area contributed by atoms with Crippen molar-refractivity contribution in [3.8, 4) is 0 Å². The maximum atomic E-state index is 9.94. The third-order valence-corrected chi connectivity index (χ3v) is 3.34. The maximum Gasteiger partial charge on any atom is 0.224 e. The molecule has 0 amide bonds. The first-order chi connectivity index (χ1) is 8.61. The first-order valence-corrected chi connectivity index (χ1v) is 6.65. The molecule has 1 aromatic rings. The van der Waals surface area contributed by atoms with E-state index in [1.54, 1.807) is 6.20 Å². The highest BCUT2D eigenvalue weighted by molar-refractivity contribution is 5.43. The lowest BCUT2D eigenvalue weighted by atomic mass is 9.94. The second kappa shape index (κ2) is 5.52. The van der Waals surface area contributed by atoms with Crippen molar-refractivity contribution < 1.29 is 5.11 Å². The molecule has 2 heterocycles. The second-order valence-electron chi connectivity index (χ2n) is 5.15. The topological polar surface area (TPSA) is 61.3 Å². The van der Waals surface area contributed by atoms with E-state index in [1.807, 2.05) is 13.0 Å². The Labute approximate surface area is 108 Å². The van der Waals surface area contributed by atoms with E-state index in [0.29, 0.717) is 5.95 Å². The highest BCUT2D eigenvalue weighted by Gasteiger charge is 2.27. The van der Waals surface area contributed by atoms with Gasteiger partial charge < -0.3 is 15.3 Å². The van der Waals surface area contributed by atoms with Crippen LogP contribution < -0.4 is 10.2 Å². The maximum absolute atomic E-state index is 9.94. The number of aliphatic hydroxyl groups is 1. The van der Waals surface area contributed by atoms with Crippen molar-refractivity contribution in [1.29, 1.82) is 0 Å². The molecule has 5 heteroatoms. The van der Waals surface area contributed by atoms with Gasteiger partial charge in [0.25, 0.3) is 0 Å². The van der Waals surface area contributed by atoms with Crippen LogP contribution in [0.5, 0.6) is 0 Å². The van der Waals surface area contributed by atoms with Gasteiger partial charge in [0.15, 0.2) is 0 Å². The van der Waals surface area contributed by atoms with Crippen molar-refractivity contribution >= 4 is 11.8 Å². The molecule has 0 bridgehead atoms. The number of piperidine rings is 1. The van der Waals surface area contributed by atoms with Crippen LogP contribution in [0.15, 0.2) is 12.3 Å². The van der Waals surface area contributed by atoms with Crippen molar-refractivity contribution in [3.63, 3.8) is 0 Å². The summed E-state index contributed by atoms with van der Waals surface area (Å²) in [7, 11) is 0. The van der Waals surface area contributed by atoms with Crippen LogP contribution in [-0.4, -0.2) is 40.3 Å². The number of hydrogen-bond acceptors (Lipinski definition) is 5. The lowest BCUT2D eigenvalue weighted by Gasteiger charge is -2.36. The monoisotopic (exact) mass is 250 g/mol. The molecule has 18 heavy (non-hydrogen) atoms. The molecule has 1 aliphatic heterocycles. The van der Waals surface area contributed by atoms with E-state index in [2.05, 4.69) is 27.1 Å². The standard InChI is InChI=1S/C13H22N4O/c1-3-7-14-12-15-8-4-11(16-12)17-9-5-13(2,18)6-10-17/h4,8,18H,3,5-7,9-10H2,1-2H3,(H,14,15,16). The molecule has 1 aliphatic rings. The van der Waals surface area contributed by atoms with Crippen LogP contribution in [0, 0.1) is 0 Å². The Kier molecular flexibility index (Phi) is 4.01. The third-order valence-electron chi connectivity index (χ3n) is 3.34. The summed E-state index contributed by atoms with van der Waals surface area (Å²) in [5, 5.41) is 13.1. The summed E-state index contributed by atoms with van der Waals surface area (Å²) >= 11 is 0. The Bertz CT molecular complexity index is 384. The van der Waals surface area contributed by atoms with Crippen LogP contribution in [0.25, 0.3) is 0 Å². The van der Waals surface area contributed by atoms with Crippen LogP contribution >= 0.6 is 0 Å². The smallest absolute Gasteiger partial charge is 0.224 e. The fraction of sp³-hybridized carbons (Fsp3) is 0.692. The molecule has 1 aromatic heterocycles. The Hall–Kier alpha value is -1.36. The quantitative estimate of drug-likeness (QED) is 0.851. The molecule has 1 fully saturated rings. The molecule has 2 N–H and O–H groups in total. The van der Waals surface area contributed by atoms with E-state index in [9.17, 15) is 5.11 Å². The van der Waals surface area contributed by atoms with E-state index in [0.717, 1.165) is 44.7 Å². The van der Waals surface area contributed by atoms with E-state index in [4.69, 9.17) is 0 Å². The van der Waals surface area contributed by atoms with Crippen LogP contribution in [0.3, 0.4) is 0 Å². The molecule has 5 nitrogen and oxygen atoms in total. The lowest BCUT2D eigenvalue weighted by Crippen LogP contribution is -2.42. The van der Waals surface area contributed by atoms with Crippen LogP contribution in [0.4, 0.5) is 11.8 Å². The fourth-order valence-corrected chi connectivity index (χ4v) is 2.06. The van der Waals surface area contributed by atoms with Gasteiger partial charge in [-0.15, -0.1) is 0 Å². The van der Waals surface area contributed by atoms with Gasteiger partial charge in [0.2, 0.25) is 5.95 Å². The number of nitrogens with one attached hydrogen (secondary N) is 1. The minimum atomic E-state index is -0.521. The Morgan fingerprint density at radius 1 is 1.44 bits per heavy atom. The molecule has 1 saturated heterocycles. The zero-order valence-corrected chi connectivity index (χ0v) is 11.2. The number of anilines is 2. The Balaban J connectivity index is 2.00. The van der Waals surface area contributed by atoms with Crippen LogP contribution in [-0.2, 0) is 0 Å². The third kappa shape index (κ3) is 3.32. The zero-order valence-electron chi connectivity index (χ0n) is 11.2. The first kappa shape index (κ1) is 13.1. The second-order valence-corrected chi connectivity index (χ2v) is 5.15. The highest BCUT2D eigenvalue weighted by atomic mass is 16.3. The van der Waals surface area contributed by atoms with E-state index >= 15 is 0 Å². The molecular formula is C13H22N4O. The van der Waals surface area contributed by atoms with Crippen molar-refractivity contribution in [2.45, 2.75) is 38.7 Å². The molecule has 100 valence electrons. The van der Waals surface area contributed by atoms with Crippen LogP contribution in [0.2, 0.25) is 0 Å². The van der Waals surface area contributed by atoms with E-state index in [-0.39, 0.29) is 0 Å². The van der Waals surface area contributed by atoms with Crippen molar-refractivity contribution in [2.24, 2.45) is 0 Å². The molecule has 0 saturated carbocycles. The molecule has 0 atom stereocenters. The summed E-state index contributed by atoms with van der Waals surface area (Å²) in [5.41, 5.74) is -0.521. The molecule has 0 aliphatic carbocycles. The molecule has 0 unspecified atom stereocenters. The average Bonchev–Trinajstić information content (AvgIpc) is 2.37. The van der Waals surface area contributed by atoms with Gasteiger partial charge >= 0.3 is 0 Å². The van der Waals surface area contributed by atoms with Crippen molar-refractivity contribution in [2.75, 3.05) is 29.9 Å². The molecule has 0 spiro atoms. The number of nitrogens with zero attached hydrogens (tertiary/aromatic N) is 3. The van der Waals surface area contributed by atoms with Gasteiger partial charge in [-0.25, -0.2) is 4.98 Å². The minimum Gasteiger partial charge on any atom is -0.390 e. The number of rotatable bonds is 4. The van der Waals surface area contributed by atoms with Crippen LogP contribution in [0.1, 0.15) is 33.1 Å². The van der Waals surface area contributed by atoms with E-state index < -0.39 is 5.60 Å².